The molecule has 40 heavy (non-hydrogen) atoms. The first kappa shape index (κ1) is 25.8. The Hall–Kier alpha value is -3.17. The number of likely N-dealkylation sites (N-methyl/N-ethyl adjacent to an activating group) is 1. The molecular weight excluding hydrogens is 552 g/mol. The fourth-order valence-electron chi connectivity index (χ4n) is 6.54. The van der Waals surface area contributed by atoms with E-state index in [1.54, 1.807) is 30.3 Å². The molecule has 1 unspecified atom stereocenters. The molecule has 1 aromatic heterocycles. The zero-order valence-electron chi connectivity index (χ0n) is 22.1. The van der Waals surface area contributed by atoms with Gasteiger partial charge in [0.25, 0.3) is 0 Å². The first-order chi connectivity index (χ1) is 19.2. The van der Waals surface area contributed by atoms with E-state index in [1.807, 2.05) is 14.1 Å². The van der Waals surface area contributed by atoms with Gasteiger partial charge in [-0.2, -0.15) is 0 Å². The van der Waals surface area contributed by atoms with Crippen molar-refractivity contribution in [2.45, 2.75) is 24.3 Å². The highest BCUT2D eigenvalue weighted by Crippen LogP contribution is 2.52. The van der Waals surface area contributed by atoms with Crippen LogP contribution in [0.2, 0.25) is 10.0 Å². The van der Waals surface area contributed by atoms with Crippen LogP contribution in [0.4, 0.5) is 15.9 Å². The van der Waals surface area contributed by atoms with E-state index in [2.05, 4.69) is 20.4 Å². The average Bonchev–Trinajstić information content (AvgIpc) is 3.15. The van der Waals surface area contributed by atoms with Crippen LogP contribution >= 0.6 is 23.2 Å². The Bertz CT molecular complexity index is 1730. The van der Waals surface area contributed by atoms with E-state index >= 15 is 4.39 Å². The Morgan fingerprint density at radius 1 is 1.15 bits per heavy atom. The molecule has 0 radical (unpaired) electrons. The summed E-state index contributed by atoms with van der Waals surface area (Å²) >= 11 is 13.2. The number of phenolic OH excluding ortho intramolecular Hbond substituents is 1. The van der Waals surface area contributed by atoms with Gasteiger partial charge in [0, 0.05) is 47.2 Å². The average molecular weight is 580 g/mol. The molecule has 206 valence electrons. The molecule has 1 atom stereocenters. The first-order valence-corrected chi connectivity index (χ1v) is 14.2. The molecule has 4 heterocycles. The topological polar surface area (TPSA) is 80.7 Å². The molecule has 2 fully saturated rings. The lowest BCUT2D eigenvalue weighted by atomic mass is 9.74. The van der Waals surface area contributed by atoms with Crippen molar-refractivity contribution in [2.75, 3.05) is 50.5 Å². The highest BCUT2D eigenvalue weighted by molar-refractivity contribution is 6.35. The minimum Gasteiger partial charge on any atom is -0.508 e. The number of hydrogen-bond acceptors (Lipinski definition) is 6. The number of rotatable bonds is 3. The number of fused-ring (bicyclic) bond motifs is 5. The van der Waals surface area contributed by atoms with Gasteiger partial charge in [-0.15, -0.1) is 0 Å². The lowest BCUT2D eigenvalue weighted by molar-refractivity contribution is -0.121. The van der Waals surface area contributed by atoms with Crippen LogP contribution in [-0.2, 0) is 10.2 Å². The molecule has 1 amide bonds. The van der Waals surface area contributed by atoms with E-state index in [4.69, 9.17) is 28.2 Å². The fourth-order valence-corrected chi connectivity index (χ4v) is 7.01. The number of carbonyl (C=O) groups excluding carboxylic acids is 1. The maximum atomic E-state index is 16.9. The number of halogens is 3. The monoisotopic (exact) mass is 579 g/mol. The molecule has 1 spiro atoms. The smallest absolute Gasteiger partial charge is 0.236 e. The minimum atomic E-state index is -0.835. The molecule has 3 aromatic carbocycles. The van der Waals surface area contributed by atoms with E-state index < -0.39 is 11.2 Å². The summed E-state index contributed by atoms with van der Waals surface area (Å²) in [7, 11) is 4.06. The second kappa shape index (κ2) is 9.17. The number of hydrogen-bond donors (Lipinski definition) is 3. The fraction of sp³-hybridized carbons (Fsp3) is 0.333. The highest BCUT2D eigenvalue weighted by Gasteiger charge is 2.51. The van der Waals surface area contributed by atoms with Crippen molar-refractivity contribution in [3.63, 3.8) is 0 Å². The predicted octanol–water partition coefficient (Wildman–Crippen LogP) is 5.53. The molecule has 0 bridgehead atoms. The summed E-state index contributed by atoms with van der Waals surface area (Å²) in [6.45, 7) is 2.72. The molecule has 0 saturated carbocycles. The van der Waals surface area contributed by atoms with Gasteiger partial charge in [-0.1, -0.05) is 29.3 Å². The van der Waals surface area contributed by atoms with Gasteiger partial charge in [-0.3, -0.25) is 4.79 Å². The summed E-state index contributed by atoms with van der Waals surface area (Å²) in [4.78, 5) is 22.7. The maximum Gasteiger partial charge on any atom is 0.236 e. The van der Waals surface area contributed by atoms with Crippen LogP contribution in [-0.4, -0.2) is 67.2 Å². The number of nitrogens with zero attached hydrogens (tertiary/aromatic N) is 3. The SMILES string of the molecule is CN(C)C1CN(c2nc3c(F)c(-c4cc(O)cc5ccc(Cl)cc45)c(Cl)cc3c3c2NC(=O)C32CCCNC2)C1. The van der Waals surface area contributed by atoms with Crippen LogP contribution < -0.4 is 15.5 Å². The number of piperidine rings is 1. The molecular formula is C30H28Cl2FN5O2. The van der Waals surface area contributed by atoms with Crippen LogP contribution in [0.5, 0.6) is 5.75 Å². The van der Waals surface area contributed by atoms with Crippen LogP contribution in [0.15, 0.2) is 36.4 Å². The van der Waals surface area contributed by atoms with Gasteiger partial charge in [0.2, 0.25) is 5.91 Å². The number of amides is 1. The van der Waals surface area contributed by atoms with E-state index in [0.717, 1.165) is 31.6 Å². The van der Waals surface area contributed by atoms with Crippen molar-refractivity contribution in [3.05, 3.63) is 57.8 Å². The number of pyridine rings is 1. The lowest BCUT2D eigenvalue weighted by Crippen LogP contribution is -2.57. The number of benzene rings is 3. The Morgan fingerprint density at radius 3 is 2.67 bits per heavy atom. The van der Waals surface area contributed by atoms with Crippen molar-refractivity contribution in [1.29, 1.82) is 0 Å². The quantitative estimate of drug-likeness (QED) is 0.296. The second-order valence-corrected chi connectivity index (χ2v) is 12.2. The van der Waals surface area contributed by atoms with Crippen molar-refractivity contribution in [3.8, 4) is 16.9 Å². The van der Waals surface area contributed by atoms with Gasteiger partial charge >= 0.3 is 0 Å². The Morgan fingerprint density at radius 2 is 1.95 bits per heavy atom. The van der Waals surface area contributed by atoms with Gasteiger partial charge in [0.05, 0.1) is 16.1 Å². The Balaban J connectivity index is 1.52. The third-order valence-corrected chi connectivity index (χ3v) is 9.28. The largest absolute Gasteiger partial charge is 0.508 e. The molecule has 4 aromatic rings. The number of anilines is 2. The van der Waals surface area contributed by atoms with Crippen molar-refractivity contribution in [2.24, 2.45) is 0 Å². The van der Waals surface area contributed by atoms with Gasteiger partial charge in [-0.05, 0) is 80.1 Å². The number of nitrogens with one attached hydrogen (secondary N) is 2. The van der Waals surface area contributed by atoms with Crippen molar-refractivity contribution >= 4 is 62.3 Å². The summed E-state index contributed by atoms with van der Waals surface area (Å²) < 4.78 is 16.9. The van der Waals surface area contributed by atoms with Gasteiger partial charge in [0.1, 0.15) is 11.3 Å². The number of aromatic nitrogens is 1. The minimum absolute atomic E-state index is 0.0136. The molecule has 7 nitrogen and oxygen atoms in total. The van der Waals surface area contributed by atoms with Gasteiger partial charge in [0.15, 0.2) is 11.6 Å². The Kier molecular flexibility index (Phi) is 5.91. The molecule has 3 aliphatic rings. The number of phenols is 1. The summed E-state index contributed by atoms with van der Waals surface area (Å²) in [6.07, 6.45) is 1.47. The van der Waals surface area contributed by atoms with E-state index in [-0.39, 0.29) is 27.8 Å². The van der Waals surface area contributed by atoms with Crippen molar-refractivity contribution < 1.29 is 14.3 Å². The first-order valence-electron chi connectivity index (χ1n) is 13.4. The second-order valence-electron chi connectivity index (χ2n) is 11.3. The number of aromatic hydroxyl groups is 1. The van der Waals surface area contributed by atoms with Gasteiger partial charge in [-0.25, -0.2) is 9.37 Å². The number of carbonyl (C=O) groups is 1. The van der Waals surface area contributed by atoms with Crippen LogP contribution in [0.25, 0.3) is 32.8 Å². The predicted molar refractivity (Wildman–Crippen MR) is 158 cm³/mol. The Labute approximate surface area is 240 Å². The third-order valence-electron chi connectivity index (χ3n) is 8.75. The molecule has 3 aliphatic heterocycles. The molecule has 0 aliphatic carbocycles. The van der Waals surface area contributed by atoms with E-state index in [0.29, 0.717) is 57.3 Å². The molecule has 3 N–H and O–H groups in total. The van der Waals surface area contributed by atoms with Crippen LogP contribution in [0.3, 0.4) is 0 Å². The summed E-state index contributed by atoms with van der Waals surface area (Å²) in [5.41, 5.74) is 1.29. The van der Waals surface area contributed by atoms with Gasteiger partial charge < -0.3 is 25.5 Å². The molecule has 2 saturated heterocycles. The lowest BCUT2D eigenvalue weighted by Gasteiger charge is -2.44. The molecule has 7 rings (SSSR count). The van der Waals surface area contributed by atoms with Crippen LogP contribution in [0.1, 0.15) is 18.4 Å². The van der Waals surface area contributed by atoms with E-state index in [1.165, 1.54) is 6.07 Å². The van der Waals surface area contributed by atoms with Crippen LogP contribution in [0, 0.1) is 5.82 Å². The maximum absolute atomic E-state index is 16.9. The zero-order chi connectivity index (χ0) is 27.9. The standard InChI is InChI=1S/C30H28Cl2FN5O2/c1-37(2)17-12-38(13-17)28-27-24(30(29(40)36-27)6-3-7-34-14-30)21-11-22(32)23(25(33)26(21)35-28)20-10-18(39)8-15-4-5-16(31)9-19(15)20/h4-5,8-11,17,34,39H,3,6-7,12-14H2,1-2H3,(H,36,40). The normalized spacial score (nSPS) is 20.9. The zero-order valence-corrected chi connectivity index (χ0v) is 23.6. The molecule has 10 heteroatoms. The summed E-state index contributed by atoms with van der Waals surface area (Å²) in [6, 6.07) is 10.4. The summed E-state index contributed by atoms with van der Waals surface area (Å²) in [5.74, 6) is -0.127. The highest BCUT2D eigenvalue weighted by atomic mass is 35.5. The summed E-state index contributed by atoms with van der Waals surface area (Å²) in [5, 5.41) is 19.6. The van der Waals surface area contributed by atoms with E-state index in [9.17, 15) is 9.90 Å². The van der Waals surface area contributed by atoms with Crippen molar-refractivity contribution in [1.82, 2.24) is 15.2 Å². The third kappa shape index (κ3) is 3.70.